The number of thiazole rings is 1. The predicted octanol–water partition coefficient (Wildman–Crippen LogP) is 2.42. The van der Waals surface area contributed by atoms with Gasteiger partial charge in [0.1, 0.15) is 6.61 Å². The monoisotopic (exact) mass is 459 g/mol. The molecule has 0 saturated carbocycles. The molecule has 1 N–H and O–H groups in total. The fourth-order valence-corrected chi connectivity index (χ4v) is 5.36. The Morgan fingerprint density at radius 1 is 1.42 bits per heavy atom. The Kier molecular flexibility index (Phi) is 5.96. The molecule has 0 atom stereocenters. The van der Waals surface area contributed by atoms with E-state index < -0.39 is 10.0 Å². The number of carbonyl (C=O) groups excluding carboxylic acids is 1. The fourth-order valence-electron chi connectivity index (χ4n) is 2.61. The molecule has 10 heteroatoms. The van der Waals surface area contributed by atoms with Crippen LogP contribution in [-0.4, -0.2) is 50.5 Å². The van der Waals surface area contributed by atoms with E-state index in [9.17, 15) is 13.2 Å². The second-order valence-corrected chi connectivity index (χ2v) is 9.58. The van der Waals surface area contributed by atoms with Crippen LogP contribution in [0.3, 0.4) is 0 Å². The minimum absolute atomic E-state index is 0.209. The number of cyclic esters (lactones) is 1. The van der Waals surface area contributed by atoms with Gasteiger partial charge in [0, 0.05) is 28.6 Å². The highest BCUT2D eigenvalue weighted by Crippen LogP contribution is 2.25. The molecule has 26 heavy (non-hydrogen) atoms. The molecule has 2 aromatic rings. The van der Waals surface area contributed by atoms with Crippen LogP contribution in [0.15, 0.2) is 33.8 Å². The van der Waals surface area contributed by atoms with Crippen LogP contribution in [0.4, 0.5) is 5.13 Å². The van der Waals surface area contributed by atoms with Crippen molar-refractivity contribution in [3.05, 3.63) is 39.3 Å². The maximum atomic E-state index is 12.6. The van der Waals surface area contributed by atoms with Gasteiger partial charge < -0.3 is 4.74 Å². The van der Waals surface area contributed by atoms with Gasteiger partial charge in [-0.2, -0.15) is 0 Å². The third kappa shape index (κ3) is 4.81. The predicted molar refractivity (Wildman–Crippen MR) is 103 cm³/mol. The largest absolute Gasteiger partial charge is 0.463 e. The quantitative estimate of drug-likeness (QED) is 0.667. The lowest BCUT2D eigenvalue weighted by molar-refractivity contribution is -0.150. The second kappa shape index (κ2) is 8.03. The Morgan fingerprint density at radius 2 is 2.23 bits per heavy atom. The van der Waals surface area contributed by atoms with Crippen LogP contribution in [0.25, 0.3) is 0 Å². The summed E-state index contributed by atoms with van der Waals surface area (Å²) in [6.45, 7) is 3.87. The first-order chi connectivity index (χ1) is 12.3. The normalized spacial score (nSPS) is 15.7. The van der Waals surface area contributed by atoms with Gasteiger partial charge in [0.05, 0.1) is 11.4 Å². The minimum atomic E-state index is -3.68. The van der Waals surface area contributed by atoms with Crippen molar-refractivity contribution >= 4 is 48.4 Å². The molecule has 1 aromatic carbocycles. The number of hydrogen-bond acceptors (Lipinski definition) is 7. The summed E-state index contributed by atoms with van der Waals surface area (Å²) in [6, 6.07) is 5.01. The molecule has 0 radical (unpaired) electrons. The van der Waals surface area contributed by atoms with E-state index >= 15 is 0 Å². The summed E-state index contributed by atoms with van der Waals surface area (Å²) >= 11 is 4.63. The van der Waals surface area contributed by atoms with Crippen molar-refractivity contribution in [3.63, 3.8) is 0 Å². The number of ether oxygens (including phenoxy) is 1. The lowest BCUT2D eigenvalue weighted by atomic mass is 10.2. The Bertz CT molecular complexity index is 914. The number of nitrogens with zero attached hydrogens (tertiary/aromatic N) is 2. The maximum Gasteiger partial charge on any atom is 0.320 e. The fraction of sp³-hybridized carbons (Fsp3) is 0.375. The molecule has 0 aliphatic carbocycles. The van der Waals surface area contributed by atoms with Gasteiger partial charge in [-0.1, -0.05) is 15.9 Å². The van der Waals surface area contributed by atoms with E-state index in [1.807, 2.05) is 4.90 Å². The minimum Gasteiger partial charge on any atom is -0.463 e. The molecule has 140 valence electrons. The van der Waals surface area contributed by atoms with Crippen LogP contribution in [0, 0.1) is 6.92 Å². The lowest BCUT2D eigenvalue weighted by Gasteiger charge is -2.25. The number of sulfonamides is 1. The molecular weight excluding hydrogens is 442 g/mol. The molecule has 7 nitrogen and oxygen atoms in total. The van der Waals surface area contributed by atoms with Gasteiger partial charge in [-0.05, 0) is 37.1 Å². The van der Waals surface area contributed by atoms with Crippen molar-refractivity contribution in [1.29, 1.82) is 0 Å². The van der Waals surface area contributed by atoms with E-state index in [1.54, 1.807) is 31.3 Å². The first kappa shape index (κ1) is 19.3. The van der Waals surface area contributed by atoms with Crippen LogP contribution >= 0.6 is 27.3 Å². The van der Waals surface area contributed by atoms with Crippen LogP contribution in [0.1, 0.15) is 10.4 Å². The standard InChI is InChI=1S/C16H18BrN3O4S2/c1-11-8-12(17)2-3-14(11)26(22,23)19-16-18-9-13(25-16)4-5-20-6-7-24-15(21)10-20/h2-3,8-9H,4-7,10H2,1H3,(H,18,19). The summed E-state index contributed by atoms with van der Waals surface area (Å²) in [4.78, 5) is 18.6. The SMILES string of the molecule is Cc1cc(Br)ccc1S(=O)(=O)Nc1ncc(CCN2CCOC(=O)C2)s1. The highest BCUT2D eigenvalue weighted by atomic mass is 79.9. The Balaban J connectivity index is 1.63. The first-order valence-corrected chi connectivity index (χ1v) is 11.0. The molecule has 0 unspecified atom stereocenters. The summed E-state index contributed by atoms with van der Waals surface area (Å²) < 4.78 is 33.4. The van der Waals surface area contributed by atoms with Crippen molar-refractivity contribution < 1.29 is 17.9 Å². The number of aromatic nitrogens is 1. The molecule has 1 saturated heterocycles. The van der Waals surface area contributed by atoms with E-state index in [2.05, 4.69) is 25.6 Å². The highest BCUT2D eigenvalue weighted by Gasteiger charge is 2.20. The molecule has 3 rings (SSSR count). The first-order valence-electron chi connectivity index (χ1n) is 7.95. The summed E-state index contributed by atoms with van der Waals surface area (Å²) in [5.41, 5.74) is 0.653. The van der Waals surface area contributed by atoms with E-state index in [-0.39, 0.29) is 10.9 Å². The van der Waals surface area contributed by atoms with Crippen LogP contribution in [-0.2, 0) is 26.0 Å². The summed E-state index contributed by atoms with van der Waals surface area (Å²) in [5.74, 6) is -0.209. The number of rotatable bonds is 6. The van der Waals surface area contributed by atoms with Gasteiger partial charge >= 0.3 is 5.97 Å². The second-order valence-electron chi connectivity index (χ2n) is 5.89. The average molecular weight is 460 g/mol. The van der Waals surface area contributed by atoms with Crippen molar-refractivity contribution in [2.75, 3.05) is 31.0 Å². The molecule has 0 spiro atoms. The van der Waals surface area contributed by atoms with Crippen molar-refractivity contribution in [3.8, 4) is 0 Å². The van der Waals surface area contributed by atoms with E-state index in [1.165, 1.54) is 11.3 Å². The number of morpholine rings is 1. The molecule has 0 amide bonds. The van der Waals surface area contributed by atoms with E-state index in [0.29, 0.717) is 43.4 Å². The molecule has 1 aliphatic rings. The van der Waals surface area contributed by atoms with Crippen LogP contribution in [0.5, 0.6) is 0 Å². The van der Waals surface area contributed by atoms with Crippen molar-refractivity contribution in [1.82, 2.24) is 9.88 Å². The van der Waals surface area contributed by atoms with Gasteiger partial charge in [-0.25, -0.2) is 13.4 Å². The van der Waals surface area contributed by atoms with E-state index in [4.69, 9.17) is 4.74 Å². The highest BCUT2D eigenvalue weighted by molar-refractivity contribution is 9.10. The Hall–Kier alpha value is -1.49. The summed E-state index contributed by atoms with van der Waals surface area (Å²) in [6.07, 6.45) is 2.36. The number of esters is 1. The summed E-state index contributed by atoms with van der Waals surface area (Å²) in [5, 5.41) is 0.334. The van der Waals surface area contributed by atoms with Crippen molar-refractivity contribution in [2.24, 2.45) is 0 Å². The molecular formula is C16H18BrN3O4S2. The van der Waals surface area contributed by atoms with Gasteiger partial charge in [-0.15, -0.1) is 11.3 Å². The van der Waals surface area contributed by atoms with E-state index in [0.717, 1.165) is 9.35 Å². The van der Waals surface area contributed by atoms with Gasteiger partial charge in [0.2, 0.25) is 0 Å². The summed E-state index contributed by atoms with van der Waals surface area (Å²) in [7, 11) is -3.68. The molecule has 1 fully saturated rings. The lowest BCUT2D eigenvalue weighted by Crippen LogP contribution is -2.40. The third-order valence-corrected chi connectivity index (χ3v) is 6.99. The topological polar surface area (TPSA) is 88.6 Å². The molecule has 1 aromatic heterocycles. The van der Waals surface area contributed by atoms with Gasteiger partial charge in [0.15, 0.2) is 5.13 Å². The van der Waals surface area contributed by atoms with Crippen LogP contribution in [0.2, 0.25) is 0 Å². The van der Waals surface area contributed by atoms with Crippen LogP contribution < -0.4 is 4.72 Å². The molecule has 0 bridgehead atoms. The molecule has 1 aliphatic heterocycles. The number of aryl methyl sites for hydroxylation is 1. The molecule has 2 heterocycles. The Morgan fingerprint density at radius 3 is 2.96 bits per heavy atom. The van der Waals surface area contributed by atoms with Gasteiger partial charge in [-0.3, -0.25) is 14.4 Å². The number of anilines is 1. The zero-order valence-electron chi connectivity index (χ0n) is 14.1. The number of hydrogen-bond donors (Lipinski definition) is 1. The average Bonchev–Trinajstić information content (AvgIpc) is 2.99. The number of carbonyl (C=O) groups is 1. The number of halogens is 1. The zero-order valence-corrected chi connectivity index (χ0v) is 17.3. The number of benzene rings is 1. The Labute approximate surface area is 164 Å². The third-order valence-electron chi connectivity index (χ3n) is 3.90. The maximum absolute atomic E-state index is 12.6. The van der Waals surface area contributed by atoms with Gasteiger partial charge in [0.25, 0.3) is 10.0 Å². The zero-order chi connectivity index (χ0) is 18.7. The number of nitrogens with one attached hydrogen (secondary N) is 1. The smallest absolute Gasteiger partial charge is 0.320 e. The van der Waals surface area contributed by atoms with Crippen molar-refractivity contribution in [2.45, 2.75) is 18.2 Å².